The standard InChI is InChI=1S/C15H12BrFN2O3/c16-9-5-6-12(18)10(7-9)15(21)22-8-14(20)19-13-4-2-1-3-11(13)17/h1-7H,8,18H2,(H,19,20). The van der Waals surface area contributed by atoms with Gasteiger partial charge in [-0.05, 0) is 30.3 Å². The monoisotopic (exact) mass is 366 g/mol. The van der Waals surface area contributed by atoms with Gasteiger partial charge in [0.05, 0.1) is 11.3 Å². The highest BCUT2D eigenvalue weighted by Crippen LogP contribution is 2.19. The van der Waals surface area contributed by atoms with E-state index in [1.165, 1.54) is 24.3 Å². The van der Waals surface area contributed by atoms with Crippen molar-refractivity contribution in [3.8, 4) is 0 Å². The summed E-state index contributed by atoms with van der Waals surface area (Å²) in [6.45, 7) is -0.543. The topological polar surface area (TPSA) is 81.4 Å². The van der Waals surface area contributed by atoms with Crippen molar-refractivity contribution in [1.29, 1.82) is 0 Å². The number of nitrogens with two attached hydrogens (primary N) is 1. The first-order chi connectivity index (χ1) is 10.5. The highest BCUT2D eigenvalue weighted by atomic mass is 79.9. The Balaban J connectivity index is 1.95. The van der Waals surface area contributed by atoms with Crippen molar-refractivity contribution in [3.63, 3.8) is 0 Å². The lowest BCUT2D eigenvalue weighted by molar-refractivity contribution is -0.119. The molecule has 0 bridgehead atoms. The van der Waals surface area contributed by atoms with Crippen LogP contribution in [0.15, 0.2) is 46.9 Å². The SMILES string of the molecule is Nc1ccc(Br)cc1C(=O)OCC(=O)Nc1ccccc1F. The van der Waals surface area contributed by atoms with E-state index in [9.17, 15) is 14.0 Å². The zero-order chi connectivity index (χ0) is 16.1. The van der Waals surface area contributed by atoms with E-state index in [4.69, 9.17) is 10.5 Å². The van der Waals surface area contributed by atoms with Crippen LogP contribution in [0, 0.1) is 5.82 Å². The minimum absolute atomic E-state index is 0.0190. The third-order valence-corrected chi connectivity index (χ3v) is 3.21. The van der Waals surface area contributed by atoms with Crippen molar-refractivity contribution in [3.05, 3.63) is 58.3 Å². The van der Waals surface area contributed by atoms with Crippen LogP contribution in [-0.2, 0) is 9.53 Å². The van der Waals surface area contributed by atoms with E-state index in [0.29, 0.717) is 4.47 Å². The molecule has 0 heterocycles. The summed E-state index contributed by atoms with van der Waals surface area (Å²) in [4.78, 5) is 23.5. The number of esters is 1. The first-order valence-electron chi connectivity index (χ1n) is 6.24. The summed E-state index contributed by atoms with van der Waals surface area (Å²) in [7, 11) is 0. The number of anilines is 2. The number of nitrogen functional groups attached to an aromatic ring is 1. The molecule has 0 fully saturated rings. The van der Waals surface area contributed by atoms with Gasteiger partial charge in [0.15, 0.2) is 6.61 Å². The number of para-hydroxylation sites is 1. The maximum Gasteiger partial charge on any atom is 0.340 e. The summed E-state index contributed by atoms with van der Waals surface area (Å²) in [5.41, 5.74) is 6.07. The Hall–Kier alpha value is -2.41. The molecule has 0 atom stereocenters. The fourth-order valence-corrected chi connectivity index (χ4v) is 2.02. The van der Waals surface area contributed by atoms with Gasteiger partial charge < -0.3 is 15.8 Å². The van der Waals surface area contributed by atoms with Gasteiger partial charge in [0.1, 0.15) is 5.82 Å². The van der Waals surface area contributed by atoms with Gasteiger partial charge in [0.2, 0.25) is 0 Å². The Morgan fingerprint density at radius 2 is 1.95 bits per heavy atom. The first-order valence-corrected chi connectivity index (χ1v) is 7.03. The molecule has 5 nitrogen and oxygen atoms in total. The number of hydrogen-bond donors (Lipinski definition) is 2. The van der Waals surface area contributed by atoms with E-state index in [2.05, 4.69) is 21.2 Å². The molecule has 0 radical (unpaired) electrons. The van der Waals surface area contributed by atoms with E-state index < -0.39 is 24.3 Å². The summed E-state index contributed by atoms with van der Waals surface area (Å²) >= 11 is 3.21. The fraction of sp³-hybridized carbons (Fsp3) is 0.0667. The van der Waals surface area contributed by atoms with Crippen molar-refractivity contribution in [2.45, 2.75) is 0 Å². The van der Waals surface area contributed by atoms with E-state index in [0.717, 1.165) is 0 Å². The molecular formula is C15H12BrFN2O3. The van der Waals surface area contributed by atoms with Gasteiger partial charge in [-0.15, -0.1) is 0 Å². The minimum atomic E-state index is -0.734. The highest BCUT2D eigenvalue weighted by Gasteiger charge is 2.14. The van der Waals surface area contributed by atoms with Gasteiger partial charge in [-0.3, -0.25) is 4.79 Å². The Morgan fingerprint density at radius 1 is 1.23 bits per heavy atom. The average Bonchev–Trinajstić information content (AvgIpc) is 2.49. The number of benzene rings is 2. The molecule has 0 aliphatic carbocycles. The van der Waals surface area contributed by atoms with Crippen LogP contribution >= 0.6 is 15.9 Å². The van der Waals surface area contributed by atoms with Gasteiger partial charge >= 0.3 is 5.97 Å². The molecule has 114 valence electrons. The molecule has 2 rings (SSSR count). The van der Waals surface area contributed by atoms with Crippen molar-refractivity contribution in [1.82, 2.24) is 0 Å². The molecule has 3 N–H and O–H groups in total. The van der Waals surface area contributed by atoms with Gasteiger partial charge in [0.25, 0.3) is 5.91 Å². The van der Waals surface area contributed by atoms with E-state index in [1.54, 1.807) is 18.2 Å². The van der Waals surface area contributed by atoms with Gasteiger partial charge in [-0.25, -0.2) is 9.18 Å². The van der Waals surface area contributed by atoms with Gasteiger partial charge in [0, 0.05) is 10.2 Å². The van der Waals surface area contributed by atoms with Crippen LogP contribution in [0.2, 0.25) is 0 Å². The zero-order valence-electron chi connectivity index (χ0n) is 11.3. The second-order valence-corrected chi connectivity index (χ2v) is 5.25. The highest BCUT2D eigenvalue weighted by molar-refractivity contribution is 9.10. The molecule has 2 aromatic rings. The number of nitrogens with one attached hydrogen (secondary N) is 1. The molecule has 1 amide bonds. The second kappa shape index (κ2) is 7.04. The zero-order valence-corrected chi connectivity index (χ0v) is 12.9. The number of hydrogen-bond acceptors (Lipinski definition) is 4. The Bertz CT molecular complexity index is 722. The molecule has 0 spiro atoms. The van der Waals surface area contributed by atoms with Crippen molar-refractivity contribution >= 4 is 39.2 Å². The second-order valence-electron chi connectivity index (χ2n) is 4.34. The Labute approximate surface area is 134 Å². The summed E-state index contributed by atoms with van der Waals surface area (Å²) < 4.78 is 18.9. The smallest absolute Gasteiger partial charge is 0.340 e. The van der Waals surface area contributed by atoms with Crippen molar-refractivity contribution < 1.29 is 18.7 Å². The van der Waals surface area contributed by atoms with Crippen LogP contribution in [0.1, 0.15) is 10.4 Å². The van der Waals surface area contributed by atoms with Crippen LogP contribution in [0.3, 0.4) is 0 Å². The summed E-state index contributed by atoms with van der Waals surface area (Å²) in [5, 5.41) is 2.31. The number of halogens is 2. The molecule has 0 aliphatic heterocycles. The predicted octanol–water partition coefficient (Wildman–Crippen LogP) is 2.97. The fourth-order valence-electron chi connectivity index (χ4n) is 1.66. The molecular weight excluding hydrogens is 355 g/mol. The maximum absolute atomic E-state index is 13.4. The number of ether oxygens (including phenoxy) is 1. The molecule has 7 heteroatoms. The van der Waals surface area contributed by atoms with Crippen molar-refractivity contribution in [2.75, 3.05) is 17.7 Å². The molecule has 2 aromatic carbocycles. The molecule has 22 heavy (non-hydrogen) atoms. The number of amides is 1. The van der Waals surface area contributed by atoms with Gasteiger partial charge in [-0.2, -0.15) is 0 Å². The third kappa shape index (κ3) is 4.05. The lowest BCUT2D eigenvalue weighted by atomic mass is 10.2. The largest absolute Gasteiger partial charge is 0.452 e. The molecule has 0 saturated heterocycles. The Morgan fingerprint density at radius 3 is 2.68 bits per heavy atom. The van der Waals surface area contributed by atoms with Gasteiger partial charge in [-0.1, -0.05) is 28.1 Å². The number of rotatable bonds is 4. The third-order valence-electron chi connectivity index (χ3n) is 2.72. The van der Waals surface area contributed by atoms with Crippen LogP contribution in [-0.4, -0.2) is 18.5 Å². The maximum atomic E-state index is 13.4. The normalized spacial score (nSPS) is 10.1. The van der Waals surface area contributed by atoms with E-state index in [1.807, 2.05) is 0 Å². The summed E-state index contributed by atoms with van der Waals surface area (Å²) in [6, 6.07) is 10.4. The lowest BCUT2D eigenvalue weighted by Crippen LogP contribution is -2.21. The van der Waals surface area contributed by atoms with Crippen LogP contribution in [0.4, 0.5) is 15.8 Å². The summed E-state index contributed by atoms with van der Waals surface area (Å²) in [6.07, 6.45) is 0. The van der Waals surface area contributed by atoms with Crippen LogP contribution in [0.5, 0.6) is 0 Å². The van der Waals surface area contributed by atoms with Crippen molar-refractivity contribution in [2.24, 2.45) is 0 Å². The minimum Gasteiger partial charge on any atom is -0.452 e. The van der Waals surface area contributed by atoms with Crippen LogP contribution in [0.25, 0.3) is 0 Å². The lowest BCUT2D eigenvalue weighted by Gasteiger charge is -2.08. The van der Waals surface area contributed by atoms with E-state index in [-0.39, 0.29) is 16.9 Å². The Kier molecular flexibility index (Phi) is 5.11. The quantitative estimate of drug-likeness (QED) is 0.643. The number of carbonyl (C=O) groups excluding carboxylic acids is 2. The summed E-state index contributed by atoms with van der Waals surface area (Å²) in [5.74, 6) is -1.95. The predicted molar refractivity (Wildman–Crippen MR) is 83.9 cm³/mol. The first kappa shape index (κ1) is 16.0. The molecule has 0 saturated carbocycles. The molecule has 0 unspecified atom stereocenters. The molecule has 0 aliphatic rings. The van der Waals surface area contributed by atoms with E-state index >= 15 is 0 Å². The van der Waals surface area contributed by atoms with Crippen LogP contribution < -0.4 is 11.1 Å². The average molecular weight is 367 g/mol. The number of carbonyl (C=O) groups is 2. The molecule has 0 aromatic heterocycles.